The van der Waals surface area contributed by atoms with Crippen LogP contribution < -0.4 is 5.73 Å². The van der Waals surface area contributed by atoms with E-state index >= 15 is 0 Å². The van der Waals surface area contributed by atoms with Crippen LogP contribution in [-0.4, -0.2) is 11.8 Å². The molecule has 0 aliphatic heterocycles. The highest BCUT2D eigenvalue weighted by Crippen LogP contribution is 2.20. The zero-order valence-corrected chi connectivity index (χ0v) is 11.6. The van der Waals surface area contributed by atoms with Gasteiger partial charge in [-0.2, -0.15) is 0 Å². The van der Waals surface area contributed by atoms with Crippen LogP contribution >= 0.6 is 11.8 Å². The van der Waals surface area contributed by atoms with Crippen LogP contribution in [-0.2, 0) is 6.42 Å². The lowest BCUT2D eigenvalue weighted by molar-refractivity contribution is 0.624. The predicted octanol–water partition coefficient (Wildman–Crippen LogP) is 3.88. The third-order valence-corrected chi connectivity index (χ3v) is 4.09. The van der Waals surface area contributed by atoms with Crippen molar-refractivity contribution in [2.24, 2.45) is 5.73 Å². The number of benzene rings is 2. The van der Waals surface area contributed by atoms with Gasteiger partial charge in [0.1, 0.15) is 5.82 Å². The molecule has 2 aromatic carbocycles. The number of rotatable bonds is 6. The van der Waals surface area contributed by atoms with Crippen LogP contribution in [0.1, 0.15) is 12.0 Å². The summed E-state index contributed by atoms with van der Waals surface area (Å²) in [6.07, 6.45) is 1.94. The molecule has 19 heavy (non-hydrogen) atoms. The van der Waals surface area contributed by atoms with E-state index < -0.39 is 0 Å². The van der Waals surface area contributed by atoms with Crippen molar-refractivity contribution in [2.75, 3.05) is 5.75 Å². The van der Waals surface area contributed by atoms with Gasteiger partial charge in [-0.1, -0.05) is 36.4 Å². The largest absolute Gasteiger partial charge is 0.327 e. The van der Waals surface area contributed by atoms with Gasteiger partial charge in [0.2, 0.25) is 0 Å². The van der Waals surface area contributed by atoms with E-state index in [1.165, 1.54) is 11.6 Å². The first-order valence-electron chi connectivity index (χ1n) is 6.42. The third-order valence-electron chi connectivity index (χ3n) is 2.91. The van der Waals surface area contributed by atoms with Gasteiger partial charge in [-0.25, -0.2) is 4.39 Å². The highest BCUT2D eigenvalue weighted by atomic mass is 32.2. The lowest BCUT2D eigenvalue weighted by atomic mass is 10.1. The van der Waals surface area contributed by atoms with Crippen LogP contribution in [0.5, 0.6) is 0 Å². The van der Waals surface area contributed by atoms with Crippen molar-refractivity contribution in [1.29, 1.82) is 0 Å². The Morgan fingerprint density at radius 1 is 1.05 bits per heavy atom. The number of hydrogen-bond donors (Lipinski definition) is 1. The quantitative estimate of drug-likeness (QED) is 0.810. The van der Waals surface area contributed by atoms with Crippen LogP contribution in [0.15, 0.2) is 59.5 Å². The molecule has 0 heterocycles. The van der Waals surface area contributed by atoms with Gasteiger partial charge in [0.25, 0.3) is 0 Å². The minimum absolute atomic E-state index is 0.133. The van der Waals surface area contributed by atoms with Gasteiger partial charge in [0, 0.05) is 16.7 Å². The minimum atomic E-state index is -0.192. The van der Waals surface area contributed by atoms with E-state index in [9.17, 15) is 4.39 Å². The molecule has 0 saturated heterocycles. The molecule has 1 nitrogen and oxygen atoms in total. The molecule has 1 unspecified atom stereocenters. The molecule has 0 radical (unpaired) electrons. The normalized spacial score (nSPS) is 12.3. The molecule has 2 N–H and O–H groups in total. The summed E-state index contributed by atoms with van der Waals surface area (Å²) in [5.74, 6) is 0.624. The van der Waals surface area contributed by atoms with E-state index in [4.69, 9.17) is 5.73 Å². The number of halogens is 1. The molecule has 0 fully saturated rings. The maximum atomic E-state index is 13.0. The second kappa shape index (κ2) is 7.31. The van der Waals surface area contributed by atoms with Crippen LogP contribution in [0, 0.1) is 5.82 Å². The molecule has 0 aromatic heterocycles. The zero-order chi connectivity index (χ0) is 13.5. The summed E-state index contributed by atoms with van der Waals surface area (Å²) in [4.78, 5) is 0.940. The average molecular weight is 275 g/mol. The molecule has 0 spiro atoms. The summed E-state index contributed by atoms with van der Waals surface area (Å²) in [7, 11) is 0. The first kappa shape index (κ1) is 14.1. The number of hydrogen-bond acceptors (Lipinski definition) is 2. The van der Waals surface area contributed by atoms with Crippen molar-refractivity contribution in [3.63, 3.8) is 0 Å². The van der Waals surface area contributed by atoms with Gasteiger partial charge in [-0.15, -0.1) is 11.8 Å². The van der Waals surface area contributed by atoms with Gasteiger partial charge in [0.05, 0.1) is 0 Å². The molecule has 0 saturated carbocycles. The molecule has 0 amide bonds. The van der Waals surface area contributed by atoms with Crippen molar-refractivity contribution in [3.05, 3.63) is 66.0 Å². The Morgan fingerprint density at radius 3 is 2.58 bits per heavy atom. The minimum Gasteiger partial charge on any atom is -0.327 e. The van der Waals surface area contributed by atoms with E-state index in [1.807, 2.05) is 24.3 Å². The molecule has 100 valence electrons. The molecule has 2 aromatic rings. The van der Waals surface area contributed by atoms with Crippen molar-refractivity contribution < 1.29 is 4.39 Å². The fourth-order valence-electron chi connectivity index (χ4n) is 1.84. The van der Waals surface area contributed by atoms with Crippen LogP contribution in [0.3, 0.4) is 0 Å². The second-order valence-electron chi connectivity index (χ2n) is 4.55. The fraction of sp³-hybridized carbons (Fsp3) is 0.250. The predicted molar refractivity (Wildman–Crippen MR) is 79.9 cm³/mol. The summed E-state index contributed by atoms with van der Waals surface area (Å²) in [6.45, 7) is 0. The third kappa shape index (κ3) is 5.05. The number of aryl methyl sites for hydroxylation is 1. The molecule has 0 bridgehead atoms. The maximum absolute atomic E-state index is 13.0. The van der Waals surface area contributed by atoms with Crippen molar-refractivity contribution >= 4 is 11.8 Å². The Hall–Kier alpha value is -1.32. The highest BCUT2D eigenvalue weighted by molar-refractivity contribution is 7.99. The van der Waals surface area contributed by atoms with E-state index in [0.29, 0.717) is 0 Å². The van der Waals surface area contributed by atoms with Crippen molar-refractivity contribution in [1.82, 2.24) is 0 Å². The lowest BCUT2D eigenvalue weighted by Gasteiger charge is -2.11. The molecular weight excluding hydrogens is 257 g/mol. The summed E-state index contributed by atoms with van der Waals surface area (Å²) in [5, 5.41) is 0. The molecular formula is C16H18FNS. The Bertz CT molecular complexity index is 501. The average Bonchev–Trinajstić information content (AvgIpc) is 2.44. The topological polar surface area (TPSA) is 26.0 Å². The Kier molecular flexibility index (Phi) is 5.43. The van der Waals surface area contributed by atoms with Crippen molar-refractivity contribution in [3.8, 4) is 0 Å². The number of nitrogens with two attached hydrogens (primary N) is 1. The van der Waals surface area contributed by atoms with Gasteiger partial charge in [0.15, 0.2) is 0 Å². The lowest BCUT2D eigenvalue weighted by Crippen LogP contribution is -2.23. The SMILES string of the molecule is NC(CCc1ccccc1)CSc1cccc(F)c1. The molecule has 3 heteroatoms. The number of thioether (sulfide) groups is 1. The van der Waals surface area contributed by atoms with Gasteiger partial charge in [-0.05, 0) is 36.6 Å². The summed E-state index contributed by atoms with van der Waals surface area (Å²) < 4.78 is 13.0. The van der Waals surface area contributed by atoms with E-state index in [1.54, 1.807) is 23.9 Å². The van der Waals surface area contributed by atoms with Crippen LogP contribution in [0.25, 0.3) is 0 Å². The maximum Gasteiger partial charge on any atom is 0.124 e. The first-order valence-corrected chi connectivity index (χ1v) is 7.40. The van der Waals surface area contributed by atoms with Crippen LogP contribution in [0.2, 0.25) is 0 Å². The highest BCUT2D eigenvalue weighted by Gasteiger charge is 2.05. The van der Waals surface area contributed by atoms with E-state index in [0.717, 1.165) is 23.5 Å². The van der Waals surface area contributed by atoms with Gasteiger partial charge in [-0.3, -0.25) is 0 Å². The molecule has 1 atom stereocenters. The van der Waals surface area contributed by atoms with Gasteiger partial charge >= 0.3 is 0 Å². The molecule has 0 aliphatic carbocycles. The Balaban J connectivity index is 1.74. The zero-order valence-electron chi connectivity index (χ0n) is 10.8. The van der Waals surface area contributed by atoms with E-state index in [2.05, 4.69) is 12.1 Å². The Labute approximate surface area is 118 Å². The van der Waals surface area contributed by atoms with E-state index in [-0.39, 0.29) is 11.9 Å². The summed E-state index contributed by atoms with van der Waals surface area (Å²) in [6, 6.07) is 17.1. The van der Waals surface area contributed by atoms with Crippen molar-refractivity contribution in [2.45, 2.75) is 23.8 Å². The smallest absolute Gasteiger partial charge is 0.124 e. The summed E-state index contributed by atoms with van der Waals surface area (Å²) in [5.41, 5.74) is 7.41. The first-order chi connectivity index (χ1) is 9.24. The summed E-state index contributed by atoms with van der Waals surface area (Å²) >= 11 is 1.61. The van der Waals surface area contributed by atoms with Crippen LogP contribution in [0.4, 0.5) is 4.39 Å². The molecule has 2 rings (SSSR count). The molecule has 0 aliphatic rings. The fourth-order valence-corrected chi connectivity index (χ4v) is 2.78. The Morgan fingerprint density at radius 2 is 1.84 bits per heavy atom. The van der Waals surface area contributed by atoms with Gasteiger partial charge < -0.3 is 5.73 Å². The monoisotopic (exact) mass is 275 g/mol. The second-order valence-corrected chi connectivity index (χ2v) is 5.65. The standard InChI is InChI=1S/C16H18FNS/c17-14-7-4-8-16(11-14)19-12-15(18)10-9-13-5-2-1-3-6-13/h1-8,11,15H,9-10,12,18H2.